The normalized spacial score (nSPS) is 12.6. The van der Waals surface area contributed by atoms with E-state index in [9.17, 15) is 8.42 Å². The molecule has 0 saturated heterocycles. The largest absolute Gasteiger partial charge is 0.398 e. The van der Waals surface area contributed by atoms with Gasteiger partial charge in [-0.2, -0.15) is 4.31 Å². The Labute approximate surface area is 116 Å². The highest BCUT2D eigenvalue weighted by molar-refractivity contribution is 7.88. The molecule has 0 atom stereocenters. The predicted molar refractivity (Wildman–Crippen MR) is 80.1 cm³/mol. The maximum atomic E-state index is 12.5. The van der Waals surface area contributed by atoms with Crippen LogP contribution in [0.5, 0.6) is 0 Å². The molecular weight excluding hydrogens is 260 g/mol. The van der Waals surface area contributed by atoms with Crippen molar-refractivity contribution in [1.82, 2.24) is 4.31 Å². The van der Waals surface area contributed by atoms with Crippen LogP contribution in [0.4, 0.5) is 5.69 Å². The summed E-state index contributed by atoms with van der Waals surface area (Å²) in [5.41, 5.74) is 6.44. The fraction of sp³-hybridized carbons (Fsp3) is 0.429. The van der Waals surface area contributed by atoms with Crippen LogP contribution in [0.3, 0.4) is 0 Å². The van der Waals surface area contributed by atoms with Crippen molar-refractivity contribution in [3.63, 3.8) is 0 Å². The van der Waals surface area contributed by atoms with Crippen molar-refractivity contribution in [3.8, 4) is 0 Å². The number of hydrogen-bond acceptors (Lipinski definition) is 3. The van der Waals surface area contributed by atoms with E-state index >= 15 is 0 Å². The topological polar surface area (TPSA) is 63.4 Å². The predicted octanol–water partition coefficient (Wildman–Crippen LogP) is 2.39. The van der Waals surface area contributed by atoms with Crippen molar-refractivity contribution in [2.24, 2.45) is 0 Å². The smallest absolute Gasteiger partial charge is 0.219 e. The van der Waals surface area contributed by atoms with E-state index in [4.69, 9.17) is 5.73 Å². The van der Waals surface area contributed by atoms with E-state index in [1.165, 1.54) is 4.31 Å². The van der Waals surface area contributed by atoms with Gasteiger partial charge in [-0.3, -0.25) is 0 Å². The Balaban J connectivity index is 3.09. The number of benzene rings is 1. The lowest BCUT2D eigenvalue weighted by Gasteiger charge is -2.33. The lowest BCUT2D eigenvalue weighted by atomic mass is 10.1. The van der Waals surface area contributed by atoms with Crippen molar-refractivity contribution in [2.45, 2.75) is 32.1 Å². The monoisotopic (exact) mass is 282 g/mol. The van der Waals surface area contributed by atoms with Gasteiger partial charge in [0, 0.05) is 17.8 Å². The molecular formula is C14H22N2O2S. The molecule has 0 spiro atoms. The first kappa shape index (κ1) is 15.7. The zero-order valence-corrected chi connectivity index (χ0v) is 12.6. The lowest BCUT2D eigenvalue weighted by molar-refractivity contribution is 0.269. The molecule has 0 saturated carbocycles. The molecule has 0 aliphatic carbocycles. The van der Waals surface area contributed by atoms with E-state index < -0.39 is 15.6 Å². The quantitative estimate of drug-likeness (QED) is 0.666. The van der Waals surface area contributed by atoms with Crippen LogP contribution in [0.25, 0.3) is 0 Å². The SMILES string of the molecule is C=CCN(C(C)(C)C)S(=O)(=O)Cc1ccccc1N. The third kappa shape index (κ3) is 4.08. The summed E-state index contributed by atoms with van der Waals surface area (Å²) < 4.78 is 26.5. The van der Waals surface area contributed by atoms with Crippen LogP contribution >= 0.6 is 0 Å². The molecule has 5 heteroatoms. The van der Waals surface area contributed by atoms with Gasteiger partial charge in [0.15, 0.2) is 0 Å². The fourth-order valence-corrected chi connectivity index (χ4v) is 3.84. The highest BCUT2D eigenvalue weighted by Gasteiger charge is 2.31. The van der Waals surface area contributed by atoms with Gasteiger partial charge in [0.2, 0.25) is 10.0 Å². The van der Waals surface area contributed by atoms with Gasteiger partial charge in [-0.1, -0.05) is 24.3 Å². The number of sulfonamides is 1. The molecule has 0 heterocycles. The Hall–Kier alpha value is -1.33. The molecule has 1 aromatic carbocycles. The molecule has 2 N–H and O–H groups in total. The van der Waals surface area contributed by atoms with Crippen LogP contribution in [0, 0.1) is 0 Å². The summed E-state index contributed by atoms with van der Waals surface area (Å²) in [5, 5.41) is 0. The third-order valence-electron chi connectivity index (χ3n) is 2.77. The van der Waals surface area contributed by atoms with E-state index in [-0.39, 0.29) is 5.75 Å². The van der Waals surface area contributed by atoms with Gasteiger partial charge >= 0.3 is 0 Å². The number of nitrogens with two attached hydrogens (primary N) is 1. The van der Waals surface area contributed by atoms with E-state index in [0.29, 0.717) is 17.8 Å². The van der Waals surface area contributed by atoms with E-state index in [2.05, 4.69) is 6.58 Å². The van der Waals surface area contributed by atoms with Crippen molar-refractivity contribution in [2.75, 3.05) is 12.3 Å². The minimum atomic E-state index is -3.44. The van der Waals surface area contributed by atoms with Gasteiger partial charge in [-0.15, -0.1) is 6.58 Å². The van der Waals surface area contributed by atoms with Crippen LogP contribution in [0.15, 0.2) is 36.9 Å². The molecule has 0 aliphatic heterocycles. The van der Waals surface area contributed by atoms with E-state index in [1.807, 2.05) is 20.8 Å². The average molecular weight is 282 g/mol. The summed E-state index contributed by atoms with van der Waals surface area (Å²) in [5.74, 6) is -0.0925. The Morgan fingerprint density at radius 1 is 1.32 bits per heavy atom. The summed E-state index contributed by atoms with van der Waals surface area (Å²) in [6.45, 7) is 9.50. The number of nitrogen functional groups attached to an aromatic ring is 1. The summed E-state index contributed by atoms with van der Waals surface area (Å²) in [7, 11) is -3.44. The third-order valence-corrected chi connectivity index (χ3v) is 4.82. The molecule has 1 aromatic rings. The molecule has 4 nitrogen and oxygen atoms in total. The second-order valence-electron chi connectivity index (χ2n) is 5.45. The average Bonchev–Trinajstić information content (AvgIpc) is 2.27. The van der Waals surface area contributed by atoms with Crippen LogP contribution in [-0.4, -0.2) is 24.8 Å². The van der Waals surface area contributed by atoms with Crippen LogP contribution < -0.4 is 5.73 Å². The molecule has 106 valence electrons. The molecule has 0 unspecified atom stereocenters. The molecule has 0 bridgehead atoms. The first-order chi connectivity index (χ1) is 8.68. The summed E-state index contributed by atoms with van der Waals surface area (Å²) in [6, 6.07) is 7.02. The minimum Gasteiger partial charge on any atom is -0.398 e. The number of hydrogen-bond donors (Lipinski definition) is 1. The number of anilines is 1. The zero-order chi connectivity index (χ0) is 14.7. The standard InChI is InChI=1S/C14H22N2O2S/c1-5-10-16(14(2,3)4)19(17,18)11-12-8-6-7-9-13(12)15/h5-9H,1,10-11,15H2,2-4H3. The number of rotatable bonds is 5. The van der Waals surface area contributed by atoms with Crippen molar-refractivity contribution in [1.29, 1.82) is 0 Å². The fourth-order valence-electron chi connectivity index (χ4n) is 1.86. The minimum absolute atomic E-state index is 0.0925. The first-order valence-corrected chi connectivity index (χ1v) is 7.74. The van der Waals surface area contributed by atoms with E-state index in [1.54, 1.807) is 30.3 Å². The van der Waals surface area contributed by atoms with Crippen LogP contribution in [-0.2, 0) is 15.8 Å². The van der Waals surface area contributed by atoms with Crippen LogP contribution in [0.1, 0.15) is 26.3 Å². The van der Waals surface area contributed by atoms with Gasteiger partial charge in [-0.05, 0) is 32.4 Å². The summed E-state index contributed by atoms with van der Waals surface area (Å²) in [6.07, 6.45) is 1.59. The second kappa shape index (κ2) is 5.75. The van der Waals surface area contributed by atoms with Crippen molar-refractivity contribution in [3.05, 3.63) is 42.5 Å². The second-order valence-corrected chi connectivity index (χ2v) is 7.34. The maximum Gasteiger partial charge on any atom is 0.219 e. The summed E-state index contributed by atoms with van der Waals surface area (Å²) in [4.78, 5) is 0. The van der Waals surface area contributed by atoms with Gasteiger partial charge in [0.25, 0.3) is 0 Å². The molecule has 1 rings (SSSR count). The first-order valence-electron chi connectivity index (χ1n) is 6.13. The molecule has 0 radical (unpaired) electrons. The molecule has 19 heavy (non-hydrogen) atoms. The molecule has 0 fully saturated rings. The zero-order valence-electron chi connectivity index (χ0n) is 11.8. The van der Waals surface area contributed by atoms with Crippen molar-refractivity contribution < 1.29 is 8.42 Å². The van der Waals surface area contributed by atoms with Crippen LogP contribution in [0.2, 0.25) is 0 Å². The highest BCUT2D eigenvalue weighted by Crippen LogP contribution is 2.23. The Bertz CT molecular complexity index is 545. The molecule has 0 amide bonds. The lowest BCUT2D eigenvalue weighted by Crippen LogP contribution is -2.46. The van der Waals surface area contributed by atoms with E-state index in [0.717, 1.165) is 0 Å². The van der Waals surface area contributed by atoms with Gasteiger partial charge < -0.3 is 5.73 Å². The number of nitrogens with zero attached hydrogens (tertiary/aromatic N) is 1. The highest BCUT2D eigenvalue weighted by atomic mass is 32.2. The summed E-state index contributed by atoms with van der Waals surface area (Å²) >= 11 is 0. The van der Waals surface area contributed by atoms with Crippen molar-refractivity contribution >= 4 is 15.7 Å². The molecule has 0 aromatic heterocycles. The Kier molecular flexibility index (Phi) is 4.76. The van der Waals surface area contributed by atoms with Gasteiger partial charge in [0.1, 0.15) is 0 Å². The Morgan fingerprint density at radius 3 is 2.37 bits per heavy atom. The molecule has 0 aliphatic rings. The Morgan fingerprint density at radius 2 is 1.89 bits per heavy atom. The van der Waals surface area contributed by atoms with Gasteiger partial charge in [0.05, 0.1) is 5.75 Å². The van der Waals surface area contributed by atoms with Gasteiger partial charge in [-0.25, -0.2) is 8.42 Å². The number of para-hydroxylation sites is 1. The maximum absolute atomic E-state index is 12.5.